The summed E-state index contributed by atoms with van der Waals surface area (Å²) < 4.78 is 0. The fourth-order valence-corrected chi connectivity index (χ4v) is 2.93. The van der Waals surface area contributed by atoms with E-state index in [0.717, 1.165) is 0 Å². The molecule has 6 heteroatoms. The van der Waals surface area contributed by atoms with Gasteiger partial charge >= 0.3 is 11.9 Å². The molecule has 0 aromatic heterocycles. The minimum atomic E-state index is -1.74. The van der Waals surface area contributed by atoms with Gasteiger partial charge in [0.2, 0.25) is 0 Å². The smallest absolute Gasteiger partial charge is 0.318 e. The minimum Gasteiger partial charge on any atom is -0.508 e. The van der Waals surface area contributed by atoms with Gasteiger partial charge in [0.15, 0.2) is 0 Å². The largest absolute Gasteiger partial charge is 0.508 e. The molecule has 0 aliphatic carbocycles. The highest BCUT2D eigenvalue weighted by Gasteiger charge is 2.45. The first-order valence-corrected chi connectivity index (χ1v) is 7.41. The van der Waals surface area contributed by atoms with Crippen molar-refractivity contribution in [2.75, 3.05) is 0 Å². The minimum absolute atomic E-state index is 0.0737. The number of benzene rings is 2. The number of aliphatic carboxylic acids is 2. The molecule has 0 fully saturated rings. The van der Waals surface area contributed by atoms with Crippen LogP contribution in [0.4, 0.5) is 0 Å². The fourth-order valence-electron chi connectivity index (χ4n) is 2.93. The molecule has 0 radical (unpaired) electrons. The molecule has 0 bridgehead atoms. The Morgan fingerprint density at radius 1 is 0.833 bits per heavy atom. The third-order valence-electron chi connectivity index (χ3n) is 4.04. The summed E-state index contributed by atoms with van der Waals surface area (Å²) in [6.07, 6.45) is -0.218. The van der Waals surface area contributed by atoms with Crippen LogP contribution in [0.5, 0.6) is 11.5 Å². The van der Waals surface area contributed by atoms with Crippen LogP contribution in [0.2, 0.25) is 0 Å². The van der Waals surface area contributed by atoms with Gasteiger partial charge < -0.3 is 20.4 Å². The first kappa shape index (κ1) is 17.3. The maximum atomic E-state index is 12.2. The van der Waals surface area contributed by atoms with Gasteiger partial charge in [-0.2, -0.15) is 0 Å². The zero-order chi connectivity index (χ0) is 17.7. The number of phenolic OH excluding ortho intramolecular Hbond substituents is 2. The van der Waals surface area contributed by atoms with Crippen molar-refractivity contribution in [2.24, 2.45) is 0 Å². The molecular formula is C18H18O6. The molecule has 0 atom stereocenters. The number of hydrogen-bond acceptors (Lipinski definition) is 4. The molecule has 0 saturated carbocycles. The highest BCUT2D eigenvalue weighted by molar-refractivity contribution is 5.88. The lowest BCUT2D eigenvalue weighted by atomic mass is 9.70. The molecule has 0 heterocycles. The highest BCUT2D eigenvalue weighted by atomic mass is 16.4. The summed E-state index contributed by atoms with van der Waals surface area (Å²) in [6.45, 7) is 0. The molecule has 24 heavy (non-hydrogen) atoms. The number of carboxylic acid groups (broad SMARTS) is 2. The Morgan fingerprint density at radius 3 is 1.67 bits per heavy atom. The maximum absolute atomic E-state index is 12.2. The lowest BCUT2D eigenvalue weighted by Gasteiger charge is -2.31. The van der Waals surface area contributed by atoms with Gasteiger partial charge in [-0.05, 0) is 25.0 Å². The van der Waals surface area contributed by atoms with Gasteiger partial charge in [0, 0.05) is 17.5 Å². The molecule has 2 aromatic rings. The quantitative estimate of drug-likeness (QED) is 0.620. The van der Waals surface area contributed by atoms with Gasteiger partial charge in [0.1, 0.15) is 16.9 Å². The highest BCUT2D eigenvalue weighted by Crippen LogP contribution is 2.44. The van der Waals surface area contributed by atoms with Crippen LogP contribution in [0, 0.1) is 0 Å². The lowest BCUT2D eigenvalue weighted by Crippen LogP contribution is -2.37. The summed E-state index contributed by atoms with van der Waals surface area (Å²) in [5, 5.41) is 39.2. The van der Waals surface area contributed by atoms with E-state index in [0.29, 0.717) is 0 Å². The molecule has 0 aliphatic heterocycles. The molecule has 126 valence electrons. The van der Waals surface area contributed by atoms with E-state index in [9.17, 15) is 24.9 Å². The number of hydrogen-bond donors (Lipinski definition) is 4. The first-order chi connectivity index (χ1) is 11.4. The number of carboxylic acids is 2. The van der Waals surface area contributed by atoms with E-state index in [1.807, 2.05) is 0 Å². The van der Waals surface area contributed by atoms with Crippen LogP contribution < -0.4 is 0 Å². The predicted molar refractivity (Wildman–Crippen MR) is 86.1 cm³/mol. The molecular weight excluding hydrogens is 312 g/mol. The van der Waals surface area contributed by atoms with Gasteiger partial charge in [-0.25, -0.2) is 0 Å². The molecule has 0 spiro atoms. The zero-order valence-corrected chi connectivity index (χ0v) is 12.8. The summed E-state index contributed by atoms with van der Waals surface area (Å²) >= 11 is 0. The second kappa shape index (κ2) is 7.04. The van der Waals surface area contributed by atoms with Gasteiger partial charge in [-0.3, -0.25) is 9.59 Å². The summed E-state index contributed by atoms with van der Waals surface area (Å²) in [6, 6.07) is 12.0. The number of para-hydroxylation sites is 2. The van der Waals surface area contributed by atoms with Gasteiger partial charge in [-0.1, -0.05) is 36.4 Å². The predicted octanol–water partition coefficient (Wildman–Crippen LogP) is 2.72. The molecule has 2 rings (SSSR count). The summed E-state index contributed by atoms with van der Waals surface area (Å²) in [7, 11) is 0. The van der Waals surface area contributed by atoms with Crippen molar-refractivity contribution < 1.29 is 30.0 Å². The Kier molecular flexibility index (Phi) is 5.08. The SMILES string of the molecule is O=C(O)CCCC(C(=O)O)(c1ccccc1O)c1ccccc1O. The van der Waals surface area contributed by atoms with Crippen LogP contribution in [0.25, 0.3) is 0 Å². The Bertz CT molecular complexity index is 707. The van der Waals surface area contributed by atoms with Crippen molar-refractivity contribution in [1.82, 2.24) is 0 Å². The van der Waals surface area contributed by atoms with E-state index >= 15 is 0 Å². The maximum Gasteiger partial charge on any atom is 0.318 e. The topological polar surface area (TPSA) is 115 Å². The molecule has 4 N–H and O–H groups in total. The number of aromatic hydroxyl groups is 2. The van der Waals surface area contributed by atoms with Gasteiger partial charge in [-0.15, -0.1) is 0 Å². The second-order valence-corrected chi connectivity index (χ2v) is 5.49. The Morgan fingerprint density at radius 2 is 1.29 bits per heavy atom. The number of rotatable bonds is 7. The van der Waals surface area contributed by atoms with Crippen LogP contribution in [0.1, 0.15) is 30.4 Å². The van der Waals surface area contributed by atoms with Crippen molar-refractivity contribution in [2.45, 2.75) is 24.7 Å². The molecule has 6 nitrogen and oxygen atoms in total. The standard InChI is InChI=1S/C18H18O6/c19-14-8-3-1-6-12(14)18(17(23)24,11-5-10-16(21)22)13-7-2-4-9-15(13)20/h1-4,6-9,19-20H,5,10-11H2,(H,21,22)(H,23,24). The first-order valence-electron chi connectivity index (χ1n) is 7.41. The van der Waals surface area contributed by atoms with Crippen molar-refractivity contribution in [1.29, 1.82) is 0 Å². The fraction of sp³-hybridized carbons (Fsp3) is 0.222. The lowest BCUT2D eigenvalue weighted by molar-refractivity contribution is -0.143. The van der Waals surface area contributed by atoms with E-state index in [4.69, 9.17) is 5.11 Å². The van der Waals surface area contributed by atoms with E-state index in [-0.39, 0.29) is 41.9 Å². The Balaban J connectivity index is 2.66. The van der Waals surface area contributed by atoms with Gasteiger partial charge in [0.05, 0.1) is 0 Å². The van der Waals surface area contributed by atoms with E-state index < -0.39 is 17.4 Å². The normalized spacial score (nSPS) is 11.2. The van der Waals surface area contributed by atoms with E-state index in [1.54, 1.807) is 24.3 Å². The zero-order valence-electron chi connectivity index (χ0n) is 12.8. The average Bonchev–Trinajstić information content (AvgIpc) is 2.53. The third-order valence-corrected chi connectivity index (χ3v) is 4.04. The second-order valence-electron chi connectivity index (χ2n) is 5.49. The Labute approximate surface area is 138 Å². The van der Waals surface area contributed by atoms with E-state index in [1.165, 1.54) is 24.3 Å². The van der Waals surface area contributed by atoms with Crippen LogP contribution >= 0.6 is 0 Å². The van der Waals surface area contributed by atoms with Crippen molar-refractivity contribution in [3.05, 3.63) is 59.7 Å². The van der Waals surface area contributed by atoms with Crippen LogP contribution in [-0.4, -0.2) is 32.4 Å². The van der Waals surface area contributed by atoms with Crippen molar-refractivity contribution >= 4 is 11.9 Å². The van der Waals surface area contributed by atoms with Crippen molar-refractivity contribution in [3.8, 4) is 11.5 Å². The third kappa shape index (κ3) is 3.17. The van der Waals surface area contributed by atoms with Crippen LogP contribution in [-0.2, 0) is 15.0 Å². The molecule has 0 saturated heterocycles. The monoisotopic (exact) mass is 330 g/mol. The molecule has 0 amide bonds. The van der Waals surface area contributed by atoms with E-state index in [2.05, 4.69) is 0 Å². The van der Waals surface area contributed by atoms with Crippen LogP contribution in [0.15, 0.2) is 48.5 Å². The summed E-state index contributed by atoms with van der Waals surface area (Å²) in [5.41, 5.74) is -1.51. The average molecular weight is 330 g/mol. The van der Waals surface area contributed by atoms with Gasteiger partial charge in [0.25, 0.3) is 0 Å². The van der Waals surface area contributed by atoms with Crippen LogP contribution in [0.3, 0.4) is 0 Å². The van der Waals surface area contributed by atoms with Crippen molar-refractivity contribution in [3.63, 3.8) is 0 Å². The summed E-state index contributed by atoms with van der Waals surface area (Å²) in [5.74, 6) is -2.75. The summed E-state index contributed by atoms with van der Waals surface area (Å²) in [4.78, 5) is 23.0. The molecule has 0 aliphatic rings. The number of carbonyl (C=O) groups is 2. The Hall–Kier alpha value is -3.02. The molecule has 0 unspecified atom stereocenters. The molecule has 2 aromatic carbocycles. The number of phenols is 2.